The van der Waals surface area contributed by atoms with Crippen molar-refractivity contribution < 1.29 is 9.59 Å². The third-order valence-electron chi connectivity index (χ3n) is 2.44. The first-order valence-corrected chi connectivity index (χ1v) is 5.51. The van der Waals surface area contributed by atoms with E-state index in [1.165, 1.54) is 4.90 Å². The first-order valence-electron chi connectivity index (χ1n) is 5.10. The summed E-state index contributed by atoms with van der Waals surface area (Å²) in [6, 6.07) is 6.80. The summed E-state index contributed by atoms with van der Waals surface area (Å²) in [7, 11) is 0. The SMILES string of the molecule is NC(=S)Nc1ccc(N2C(=O)CCC2=O)cc1. The Kier molecular flexibility index (Phi) is 3.06. The zero-order valence-electron chi connectivity index (χ0n) is 8.97. The first-order chi connectivity index (χ1) is 8.08. The lowest BCUT2D eigenvalue weighted by atomic mass is 10.2. The number of hydrogen-bond acceptors (Lipinski definition) is 3. The summed E-state index contributed by atoms with van der Waals surface area (Å²) in [6.45, 7) is 0. The van der Waals surface area contributed by atoms with E-state index in [2.05, 4.69) is 5.32 Å². The van der Waals surface area contributed by atoms with E-state index >= 15 is 0 Å². The lowest BCUT2D eigenvalue weighted by Crippen LogP contribution is -2.28. The summed E-state index contributed by atoms with van der Waals surface area (Å²) in [6.07, 6.45) is 0.567. The second kappa shape index (κ2) is 4.50. The van der Waals surface area contributed by atoms with Gasteiger partial charge in [0.15, 0.2) is 5.11 Å². The minimum absolute atomic E-state index is 0.162. The number of carbonyl (C=O) groups excluding carboxylic acids is 2. The second-order valence-corrected chi connectivity index (χ2v) is 4.10. The zero-order chi connectivity index (χ0) is 12.4. The van der Waals surface area contributed by atoms with Gasteiger partial charge in [-0.25, -0.2) is 0 Å². The number of imide groups is 1. The average Bonchev–Trinajstić information content (AvgIpc) is 2.59. The van der Waals surface area contributed by atoms with Crippen LogP contribution in [0.25, 0.3) is 0 Å². The van der Waals surface area contributed by atoms with Crippen LogP contribution in [0.3, 0.4) is 0 Å². The number of thiocarbonyl (C=S) groups is 1. The van der Waals surface area contributed by atoms with E-state index in [9.17, 15) is 9.59 Å². The number of nitrogens with zero attached hydrogens (tertiary/aromatic N) is 1. The highest BCUT2D eigenvalue weighted by Gasteiger charge is 2.29. The topological polar surface area (TPSA) is 75.4 Å². The fourth-order valence-electron chi connectivity index (χ4n) is 1.70. The summed E-state index contributed by atoms with van der Waals surface area (Å²) < 4.78 is 0. The van der Waals surface area contributed by atoms with Crippen LogP contribution in [0.15, 0.2) is 24.3 Å². The van der Waals surface area contributed by atoms with Crippen molar-refractivity contribution in [2.45, 2.75) is 12.8 Å². The number of carbonyl (C=O) groups is 2. The lowest BCUT2D eigenvalue weighted by Gasteiger charge is -2.14. The van der Waals surface area contributed by atoms with Crippen molar-refractivity contribution in [2.24, 2.45) is 5.73 Å². The van der Waals surface area contributed by atoms with Crippen molar-refractivity contribution in [1.29, 1.82) is 0 Å². The fourth-order valence-corrected chi connectivity index (χ4v) is 1.82. The molecule has 0 bridgehead atoms. The molecule has 0 radical (unpaired) electrons. The van der Waals surface area contributed by atoms with E-state index in [-0.39, 0.29) is 29.8 Å². The maximum absolute atomic E-state index is 11.5. The highest BCUT2D eigenvalue weighted by atomic mass is 32.1. The van der Waals surface area contributed by atoms with Crippen molar-refractivity contribution in [1.82, 2.24) is 0 Å². The number of nitrogens with one attached hydrogen (secondary N) is 1. The van der Waals surface area contributed by atoms with Gasteiger partial charge in [-0.1, -0.05) is 0 Å². The van der Waals surface area contributed by atoms with E-state index < -0.39 is 0 Å². The summed E-state index contributed by atoms with van der Waals surface area (Å²) in [5.74, 6) is -0.324. The molecule has 0 aliphatic carbocycles. The van der Waals surface area contributed by atoms with Gasteiger partial charge in [0.2, 0.25) is 11.8 Å². The van der Waals surface area contributed by atoms with Crippen molar-refractivity contribution in [3.63, 3.8) is 0 Å². The Hall–Kier alpha value is -1.95. The Morgan fingerprint density at radius 3 is 2.18 bits per heavy atom. The summed E-state index contributed by atoms with van der Waals surface area (Å²) in [5, 5.41) is 2.94. The molecule has 0 spiro atoms. The Labute approximate surface area is 104 Å². The van der Waals surface area contributed by atoms with Crippen molar-refractivity contribution >= 4 is 40.5 Å². The maximum atomic E-state index is 11.5. The molecule has 5 nitrogen and oxygen atoms in total. The fraction of sp³-hybridized carbons (Fsp3) is 0.182. The molecule has 88 valence electrons. The van der Waals surface area contributed by atoms with Crippen LogP contribution in [0.2, 0.25) is 0 Å². The number of hydrogen-bond donors (Lipinski definition) is 2. The molecule has 0 atom stereocenters. The van der Waals surface area contributed by atoms with Crippen molar-refractivity contribution in [3.8, 4) is 0 Å². The molecule has 0 aromatic heterocycles. The standard InChI is InChI=1S/C11H11N3O2S/c12-11(17)13-7-1-3-8(4-2-7)14-9(15)5-6-10(14)16/h1-4H,5-6H2,(H3,12,13,17). The average molecular weight is 249 g/mol. The van der Waals surface area contributed by atoms with E-state index in [0.717, 1.165) is 5.69 Å². The van der Waals surface area contributed by atoms with Crippen LogP contribution in [-0.4, -0.2) is 16.9 Å². The molecular weight excluding hydrogens is 238 g/mol. The van der Waals surface area contributed by atoms with Crippen LogP contribution in [0.1, 0.15) is 12.8 Å². The third-order valence-corrected chi connectivity index (χ3v) is 2.55. The lowest BCUT2D eigenvalue weighted by molar-refractivity contribution is -0.121. The van der Waals surface area contributed by atoms with Gasteiger partial charge in [0.05, 0.1) is 5.69 Å². The molecule has 17 heavy (non-hydrogen) atoms. The predicted octanol–water partition coefficient (Wildman–Crippen LogP) is 0.996. The number of amides is 2. The molecule has 1 aliphatic heterocycles. The van der Waals surface area contributed by atoms with Gasteiger partial charge in [-0.15, -0.1) is 0 Å². The molecule has 0 saturated carbocycles. The second-order valence-electron chi connectivity index (χ2n) is 3.66. The smallest absolute Gasteiger partial charge is 0.234 e. The summed E-state index contributed by atoms with van der Waals surface area (Å²) >= 11 is 4.70. The number of anilines is 2. The molecule has 6 heteroatoms. The van der Waals surface area contributed by atoms with E-state index in [1.54, 1.807) is 24.3 Å². The van der Waals surface area contributed by atoms with E-state index in [4.69, 9.17) is 18.0 Å². The minimum Gasteiger partial charge on any atom is -0.376 e. The van der Waals surface area contributed by atoms with Crippen LogP contribution < -0.4 is 16.0 Å². The summed E-state index contributed by atoms with van der Waals surface area (Å²) in [5.41, 5.74) is 6.63. The van der Waals surface area contributed by atoms with Crippen LogP contribution in [0.4, 0.5) is 11.4 Å². The Morgan fingerprint density at radius 1 is 1.18 bits per heavy atom. The maximum Gasteiger partial charge on any atom is 0.234 e. The van der Waals surface area contributed by atoms with Gasteiger partial charge in [0, 0.05) is 18.5 Å². The highest BCUT2D eigenvalue weighted by molar-refractivity contribution is 7.80. The van der Waals surface area contributed by atoms with Gasteiger partial charge in [0.25, 0.3) is 0 Å². The third kappa shape index (κ3) is 2.42. The molecule has 1 saturated heterocycles. The molecule has 2 amide bonds. The number of rotatable bonds is 2. The quantitative estimate of drug-likeness (QED) is 0.604. The molecule has 1 aromatic carbocycles. The van der Waals surface area contributed by atoms with Gasteiger partial charge in [-0.2, -0.15) is 0 Å². The first kappa shape index (κ1) is 11.5. The Balaban J connectivity index is 2.20. The molecule has 3 N–H and O–H groups in total. The van der Waals surface area contributed by atoms with Crippen LogP contribution >= 0.6 is 12.2 Å². The zero-order valence-corrected chi connectivity index (χ0v) is 9.79. The van der Waals surface area contributed by atoms with E-state index in [1.807, 2.05) is 0 Å². The molecule has 1 aliphatic rings. The van der Waals surface area contributed by atoms with E-state index in [0.29, 0.717) is 5.69 Å². The minimum atomic E-state index is -0.162. The van der Waals surface area contributed by atoms with Gasteiger partial charge < -0.3 is 11.1 Å². The number of nitrogens with two attached hydrogens (primary N) is 1. The van der Waals surface area contributed by atoms with Crippen LogP contribution in [0, 0.1) is 0 Å². The molecule has 1 heterocycles. The van der Waals surface area contributed by atoms with Crippen LogP contribution in [0.5, 0.6) is 0 Å². The highest BCUT2D eigenvalue weighted by Crippen LogP contribution is 2.23. The van der Waals surface area contributed by atoms with Crippen LogP contribution in [-0.2, 0) is 9.59 Å². The Morgan fingerprint density at radius 2 is 1.71 bits per heavy atom. The van der Waals surface area contributed by atoms with Gasteiger partial charge in [-0.3, -0.25) is 14.5 Å². The molecule has 2 rings (SSSR count). The van der Waals surface area contributed by atoms with Crippen molar-refractivity contribution in [3.05, 3.63) is 24.3 Å². The largest absolute Gasteiger partial charge is 0.376 e. The molecule has 1 aromatic rings. The normalized spacial score (nSPS) is 15.2. The molecule has 1 fully saturated rings. The van der Waals surface area contributed by atoms with Crippen molar-refractivity contribution in [2.75, 3.05) is 10.2 Å². The number of benzene rings is 1. The summed E-state index contributed by atoms with van der Waals surface area (Å²) in [4.78, 5) is 24.2. The molecule has 0 unspecified atom stereocenters. The van der Waals surface area contributed by atoms with Gasteiger partial charge in [0.1, 0.15) is 0 Å². The predicted molar refractivity (Wildman–Crippen MR) is 68.6 cm³/mol. The molecular formula is C11H11N3O2S. The monoisotopic (exact) mass is 249 g/mol. The van der Waals surface area contributed by atoms with Gasteiger partial charge in [-0.05, 0) is 36.5 Å². The Bertz CT molecular complexity index is 468. The van der Waals surface area contributed by atoms with Gasteiger partial charge >= 0.3 is 0 Å².